The molecule has 0 aliphatic heterocycles. The Morgan fingerprint density at radius 1 is 1.10 bits per heavy atom. The van der Waals surface area contributed by atoms with Gasteiger partial charge in [-0.25, -0.2) is 16.8 Å². The Morgan fingerprint density at radius 3 is 2.20 bits per heavy atom. The Hall–Kier alpha value is -1.08. The van der Waals surface area contributed by atoms with Crippen LogP contribution in [0.3, 0.4) is 0 Å². The predicted molar refractivity (Wildman–Crippen MR) is 78.5 cm³/mol. The molecule has 0 unspecified atom stereocenters. The first-order chi connectivity index (χ1) is 9.18. The average Bonchev–Trinajstić information content (AvgIpc) is 2.24. The summed E-state index contributed by atoms with van der Waals surface area (Å²) in [6.45, 7) is 0.723. The molecule has 112 valence electrons. The van der Waals surface area contributed by atoms with Crippen molar-refractivity contribution in [2.24, 2.45) is 5.92 Å². The first-order valence-electron chi connectivity index (χ1n) is 6.46. The molecule has 20 heavy (non-hydrogen) atoms. The molecular formula is C13H19NO4S2. The van der Waals surface area contributed by atoms with E-state index in [0.717, 1.165) is 31.9 Å². The summed E-state index contributed by atoms with van der Waals surface area (Å²) in [5.74, 6) is 0.581. The summed E-state index contributed by atoms with van der Waals surface area (Å²) in [7, 11) is -6.90. The number of anilines is 1. The summed E-state index contributed by atoms with van der Waals surface area (Å²) in [4.78, 5) is 0.0619. The van der Waals surface area contributed by atoms with Crippen LogP contribution in [0.1, 0.15) is 19.3 Å². The fourth-order valence-corrected chi connectivity index (χ4v) is 3.74. The highest BCUT2D eigenvalue weighted by Gasteiger charge is 2.20. The molecule has 0 spiro atoms. The van der Waals surface area contributed by atoms with Crippen LogP contribution >= 0.6 is 0 Å². The van der Waals surface area contributed by atoms with E-state index in [9.17, 15) is 16.8 Å². The smallest absolute Gasteiger partial charge is 0.177 e. The van der Waals surface area contributed by atoms with Crippen LogP contribution in [0.15, 0.2) is 28.0 Å². The molecule has 0 atom stereocenters. The number of benzene rings is 1. The highest BCUT2D eigenvalue weighted by molar-refractivity contribution is 7.91. The lowest BCUT2D eigenvalue weighted by molar-refractivity contribution is 0.333. The van der Waals surface area contributed by atoms with Gasteiger partial charge in [-0.2, -0.15) is 0 Å². The van der Waals surface area contributed by atoms with Gasteiger partial charge in [0.05, 0.1) is 15.5 Å². The standard InChI is InChI=1S/C13H19NO4S2/c1-19(15,16)11-6-7-12(13(8-11)20(2,17)18)14-9-10-4-3-5-10/h6-8,10,14H,3-5,9H2,1-2H3. The van der Waals surface area contributed by atoms with Gasteiger partial charge in [0.1, 0.15) is 0 Å². The first-order valence-corrected chi connectivity index (χ1v) is 10.2. The van der Waals surface area contributed by atoms with E-state index in [1.54, 1.807) is 0 Å². The minimum Gasteiger partial charge on any atom is -0.384 e. The fraction of sp³-hybridized carbons (Fsp3) is 0.538. The molecule has 0 aromatic heterocycles. The van der Waals surface area contributed by atoms with Crippen molar-refractivity contribution in [3.8, 4) is 0 Å². The maximum atomic E-state index is 11.8. The van der Waals surface area contributed by atoms with E-state index in [1.165, 1.54) is 24.6 Å². The normalized spacial score (nSPS) is 16.7. The van der Waals surface area contributed by atoms with Crippen molar-refractivity contribution in [2.75, 3.05) is 24.4 Å². The van der Waals surface area contributed by atoms with Crippen LogP contribution in [0.5, 0.6) is 0 Å². The fourth-order valence-electron chi connectivity index (χ4n) is 2.14. The van der Waals surface area contributed by atoms with Crippen molar-refractivity contribution < 1.29 is 16.8 Å². The zero-order valence-corrected chi connectivity index (χ0v) is 13.2. The molecule has 1 fully saturated rings. The van der Waals surface area contributed by atoms with Crippen molar-refractivity contribution in [2.45, 2.75) is 29.1 Å². The lowest BCUT2D eigenvalue weighted by atomic mass is 9.85. The number of sulfone groups is 2. The summed E-state index contributed by atoms with van der Waals surface area (Å²) in [6, 6.07) is 4.20. The van der Waals surface area contributed by atoms with Gasteiger partial charge in [-0.15, -0.1) is 0 Å². The van der Waals surface area contributed by atoms with Crippen molar-refractivity contribution in [3.63, 3.8) is 0 Å². The van der Waals surface area contributed by atoms with Crippen molar-refractivity contribution in [3.05, 3.63) is 18.2 Å². The van der Waals surface area contributed by atoms with Crippen LogP contribution in [0, 0.1) is 5.92 Å². The highest BCUT2D eigenvalue weighted by Crippen LogP contribution is 2.29. The molecule has 0 amide bonds. The summed E-state index contributed by atoms with van der Waals surface area (Å²) in [5.41, 5.74) is 0.479. The zero-order chi connectivity index (χ0) is 15.0. The number of rotatable bonds is 5. The molecular weight excluding hydrogens is 298 g/mol. The van der Waals surface area contributed by atoms with Crippen LogP contribution < -0.4 is 5.32 Å². The Bertz CT molecular complexity index is 704. The molecule has 0 radical (unpaired) electrons. The molecule has 1 aliphatic rings. The summed E-state index contributed by atoms with van der Waals surface area (Å²) in [6.07, 6.45) is 5.68. The van der Waals surface area contributed by atoms with Crippen LogP contribution in [0.4, 0.5) is 5.69 Å². The number of hydrogen-bond acceptors (Lipinski definition) is 5. The maximum Gasteiger partial charge on any atom is 0.177 e. The third-order valence-corrected chi connectivity index (χ3v) is 5.83. The molecule has 0 saturated heterocycles. The van der Waals surface area contributed by atoms with Crippen LogP contribution in [0.25, 0.3) is 0 Å². The first kappa shape index (κ1) is 15.3. The van der Waals surface area contributed by atoms with Crippen molar-refractivity contribution >= 4 is 25.4 Å². The van der Waals surface area contributed by atoms with E-state index < -0.39 is 19.7 Å². The maximum absolute atomic E-state index is 11.8. The van der Waals surface area contributed by atoms with Crippen LogP contribution in [0.2, 0.25) is 0 Å². The van der Waals surface area contributed by atoms with E-state index in [-0.39, 0.29) is 9.79 Å². The van der Waals surface area contributed by atoms with E-state index in [4.69, 9.17) is 0 Å². The molecule has 5 nitrogen and oxygen atoms in total. The molecule has 1 aliphatic carbocycles. The second kappa shape index (κ2) is 5.37. The molecule has 0 heterocycles. The Balaban J connectivity index is 2.35. The monoisotopic (exact) mass is 317 g/mol. The minimum atomic E-state index is -3.48. The molecule has 7 heteroatoms. The lowest BCUT2D eigenvalue weighted by Crippen LogP contribution is -2.21. The molecule has 1 saturated carbocycles. The van der Waals surface area contributed by atoms with E-state index in [2.05, 4.69) is 5.32 Å². The van der Waals surface area contributed by atoms with Gasteiger partial charge in [0, 0.05) is 19.1 Å². The summed E-state index contributed by atoms with van der Waals surface area (Å²) in [5, 5.41) is 3.13. The quantitative estimate of drug-likeness (QED) is 0.894. The van der Waals surface area contributed by atoms with E-state index >= 15 is 0 Å². The molecule has 1 N–H and O–H groups in total. The number of hydrogen-bond donors (Lipinski definition) is 1. The lowest BCUT2D eigenvalue weighted by Gasteiger charge is -2.26. The van der Waals surface area contributed by atoms with Crippen molar-refractivity contribution in [1.29, 1.82) is 0 Å². The van der Waals surface area contributed by atoms with Gasteiger partial charge in [-0.05, 0) is 37.0 Å². The average molecular weight is 317 g/mol. The van der Waals surface area contributed by atoms with Gasteiger partial charge in [0.15, 0.2) is 19.7 Å². The van der Waals surface area contributed by atoms with E-state index in [1.807, 2.05) is 0 Å². The van der Waals surface area contributed by atoms with Gasteiger partial charge in [-0.3, -0.25) is 0 Å². The zero-order valence-electron chi connectivity index (χ0n) is 11.6. The van der Waals surface area contributed by atoms with Gasteiger partial charge >= 0.3 is 0 Å². The van der Waals surface area contributed by atoms with Gasteiger partial charge in [0.2, 0.25) is 0 Å². The second-order valence-corrected chi connectivity index (χ2v) is 9.38. The van der Waals surface area contributed by atoms with E-state index in [0.29, 0.717) is 11.6 Å². The highest BCUT2D eigenvalue weighted by atomic mass is 32.2. The van der Waals surface area contributed by atoms with Gasteiger partial charge in [-0.1, -0.05) is 6.42 Å². The molecule has 1 aromatic carbocycles. The summed E-state index contributed by atoms with van der Waals surface area (Å²) < 4.78 is 46.7. The summed E-state index contributed by atoms with van der Waals surface area (Å²) >= 11 is 0. The van der Waals surface area contributed by atoms with Gasteiger partial charge < -0.3 is 5.32 Å². The Morgan fingerprint density at radius 2 is 1.75 bits per heavy atom. The van der Waals surface area contributed by atoms with Gasteiger partial charge in [0.25, 0.3) is 0 Å². The molecule has 1 aromatic rings. The predicted octanol–water partition coefficient (Wildman–Crippen LogP) is 1.71. The minimum absolute atomic E-state index is 0.0205. The van der Waals surface area contributed by atoms with Crippen LogP contribution in [-0.2, 0) is 19.7 Å². The Labute approximate surface area is 120 Å². The van der Waals surface area contributed by atoms with Crippen molar-refractivity contribution in [1.82, 2.24) is 0 Å². The largest absolute Gasteiger partial charge is 0.384 e. The topological polar surface area (TPSA) is 80.3 Å². The third kappa shape index (κ3) is 3.52. The second-order valence-electron chi connectivity index (χ2n) is 5.38. The van der Waals surface area contributed by atoms with Crippen LogP contribution in [-0.4, -0.2) is 35.9 Å². The third-order valence-electron chi connectivity index (χ3n) is 3.59. The molecule has 2 rings (SSSR count). The molecule has 0 bridgehead atoms. The Kier molecular flexibility index (Phi) is 4.11. The SMILES string of the molecule is CS(=O)(=O)c1ccc(NCC2CCC2)c(S(C)(=O)=O)c1. The number of nitrogens with one attached hydrogen (secondary N) is 1.